The van der Waals surface area contributed by atoms with Gasteiger partial charge in [0, 0.05) is 38.4 Å². The number of rotatable bonds is 7. The lowest BCUT2D eigenvalue weighted by atomic mass is 10.0. The molecule has 6 heteroatoms. The third-order valence-corrected chi connectivity index (χ3v) is 4.72. The molecule has 0 aliphatic carbocycles. The molecule has 2 heterocycles. The summed E-state index contributed by atoms with van der Waals surface area (Å²) in [5, 5.41) is 0. The van der Waals surface area contributed by atoms with Crippen molar-refractivity contribution < 1.29 is 9.53 Å². The van der Waals surface area contributed by atoms with Crippen LogP contribution in [0.2, 0.25) is 0 Å². The Labute approximate surface area is 161 Å². The van der Waals surface area contributed by atoms with Gasteiger partial charge < -0.3 is 14.5 Å². The van der Waals surface area contributed by atoms with E-state index in [9.17, 15) is 4.79 Å². The summed E-state index contributed by atoms with van der Waals surface area (Å²) in [7, 11) is 3.99. The van der Waals surface area contributed by atoms with E-state index >= 15 is 0 Å². The van der Waals surface area contributed by atoms with E-state index < -0.39 is 0 Å². The van der Waals surface area contributed by atoms with Crippen LogP contribution in [0.3, 0.4) is 0 Å². The first-order valence-corrected chi connectivity index (χ1v) is 9.58. The number of nitrogens with zero attached hydrogens (tertiary/aromatic N) is 4. The third kappa shape index (κ3) is 4.63. The Hall–Kier alpha value is -2.47. The predicted molar refractivity (Wildman–Crippen MR) is 107 cm³/mol. The number of ether oxygens (including phenoxy) is 1. The van der Waals surface area contributed by atoms with Gasteiger partial charge in [0.2, 0.25) is 5.91 Å². The Morgan fingerprint density at radius 1 is 1.22 bits per heavy atom. The van der Waals surface area contributed by atoms with Gasteiger partial charge in [0.1, 0.15) is 12.4 Å². The van der Waals surface area contributed by atoms with Crippen molar-refractivity contribution >= 4 is 11.7 Å². The highest BCUT2D eigenvalue weighted by Crippen LogP contribution is 2.28. The monoisotopic (exact) mass is 368 g/mol. The standard InChI is InChI=1S/C21H28N4O2/c1-4-5-13-27-15-19(26)25-12-11-17-18(14-25)22-20(23-21(17)24(2)3)16-9-7-6-8-10-16/h6-10H,4-5,11-15H2,1-3H3. The molecule has 0 radical (unpaired) electrons. The number of carbonyl (C=O) groups is 1. The summed E-state index contributed by atoms with van der Waals surface area (Å²) in [6, 6.07) is 9.96. The van der Waals surface area contributed by atoms with Gasteiger partial charge in [-0.25, -0.2) is 9.97 Å². The zero-order valence-corrected chi connectivity index (χ0v) is 16.4. The second-order valence-corrected chi connectivity index (χ2v) is 7.03. The zero-order valence-electron chi connectivity index (χ0n) is 16.4. The molecule has 0 fully saturated rings. The van der Waals surface area contributed by atoms with E-state index in [0.29, 0.717) is 25.5 Å². The van der Waals surface area contributed by atoms with E-state index in [1.807, 2.05) is 54.2 Å². The van der Waals surface area contributed by atoms with Gasteiger partial charge in [-0.3, -0.25) is 4.79 Å². The molecule has 6 nitrogen and oxygen atoms in total. The number of unbranched alkanes of at least 4 members (excludes halogenated alkanes) is 1. The Bertz CT molecular complexity index is 777. The molecule has 0 saturated carbocycles. The average Bonchev–Trinajstić information content (AvgIpc) is 2.70. The van der Waals surface area contributed by atoms with Crippen LogP contribution >= 0.6 is 0 Å². The molecular weight excluding hydrogens is 340 g/mol. The SMILES string of the molecule is CCCCOCC(=O)N1CCc2c(nc(-c3ccccc3)nc2N(C)C)C1. The highest BCUT2D eigenvalue weighted by Gasteiger charge is 2.26. The summed E-state index contributed by atoms with van der Waals surface area (Å²) >= 11 is 0. The summed E-state index contributed by atoms with van der Waals surface area (Å²) in [4.78, 5) is 25.9. The first-order valence-electron chi connectivity index (χ1n) is 9.58. The predicted octanol–water partition coefficient (Wildman–Crippen LogP) is 2.91. The Morgan fingerprint density at radius 3 is 2.70 bits per heavy atom. The Kier molecular flexibility index (Phi) is 6.40. The van der Waals surface area contributed by atoms with Gasteiger partial charge in [-0.1, -0.05) is 43.7 Å². The van der Waals surface area contributed by atoms with Crippen molar-refractivity contribution in [2.45, 2.75) is 32.7 Å². The van der Waals surface area contributed by atoms with Gasteiger partial charge in [-0.2, -0.15) is 0 Å². The van der Waals surface area contributed by atoms with Gasteiger partial charge in [0.15, 0.2) is 5.82 Å². The molecule has 1 aromatic carbocycles. The van der Waals surface area contributed by atoms with Gasteiger partial charge in [0.05, 0.1) is 12.2 Å². The van der Waals surface area contributed by atoms with Crippen LogP contribution in [-0.2, 0) is 22.5 Å². The number of hydrogen-bond donors (Lipinski definition) is 0. The van der Waals surface area contributed by atoms with Gasteiger partial charge in [0.25, 0.3) is 0 Å². The number of aromatic nitrogens is 2. The molecule has 0 unspecified atom stereocenters. The first kappa shape index (κ1) is 19.3. The number of fused-ring (bicyclic) bond motifs is 1. The number of amides is 1. The van der Waals surface area contributed by atoms with Crippen molar-refractivity contribution in [2.24, 2.45) is 0 Å². The number of hydrogen-bond acceptors (Lipinski definition) is 5. The minimum atomic E-state index is 0.0306. The lowest BCUT2D eigenvalue weighted by Gasteiger charge is -2.30. The fraction of sp³-hybridized carbons (Fsp3) is 0.476. The van der Waals surface area contributed by atoms with Crippen molar-refractivity contribution in [3.63, 3.8) is 0 Å². The molecule has 1 aromatic heterocycles. The molecule has 0 atom stereocenters. The van der Waals surface area contributed by atoms with Crippen molar-refractivity contribution in [3.05, 3.63) is 41.6 Å². The van der Waals surface area contributed by atoms with Crippen LogP contribution in [0.4, 0.5) is 5.82 Å². The Balaban J connectivity index is 1.82. The summed E-state index contributed by atoms with van der Waals surface area (Å²) in [6.07, 6.45) is 2.81. The molecule has 0 saturated heterocycles. The largest absolute Gasteiger partial charge is 0.372 e. The molecule has 0 spiro atoms. The molecule has 0 bridgehead atoms. The van der Waals surface area contributed by atoms with Gasteiger partial charge in [-0.05, 0) is 12.8 Å². The Morgan fingerprint density at radius 2 is 2.00 bits per heavy atom. The van der Waals surface area contributed by atoms with Crippen LogP contribution in [0.5, 0.6) is 0 Å². The summed E-state index contributed by atoms with van der Waals surface area (Å²) in [5.74, 6) is 1.67. The quantitative estimate of drug-likeness (QED) is 0.704. The average molecular weight is 368 g/mol. The molecule has 27 heavy (non-hydrogen) atoms. The van der Waals surface area contributed by atoms with E-state index in [1.165, 1.54) is 0 Å². The summed E-state index contributed by atoms with van der Waals surface area (Å²) in [6.45, 7) is 4.08. The number of carbonyl (C=O) groups excluding carboxylic acids is 1. The molecule has 1 aliphatic heterocycles. The molecule has 144 valence electrons. The van der Waals surface area contributed by atoms with Gasteiger partial charge in [-0.15, -0.1) is 0 Å². The van der Waals surface area contributed by atoms with Crippen LogP contribution in [0.1, 0.15) is 31.0 Å². The minimum Gasteiger partial charge on any atom is -0.372 e. The fourth-order valence-electron chi connectivity index (χ4n) is 3.21. The van der Waals surface area contributed by atoms with Crippen molar-refractivity contribution in [1.82, 2.24) is 14.9 Å². The second-order valence-electron chi connectivity index (χ2n) is 7.03. The molecule has 1 aliphatic rings. The summed E-state index contributed by atoms with van der Waals surface area (Å²) in [5.41, 5.74) is 3.05. The maximum Gasteiger partial charge on any atom is 0.248 e. The van der Waals surface area contributed by atoms with E-state index in [2.05, 4.69) is 6.92 Å². The minimum absolute atomic E-state index is 0.0306. The zero-order chi connectivity index (χ0) is 19.2. The van der Waals surface area contributed by atoms with Crippen molar-refractivity contribution in [1.29, 1.82) is 0 Å². The topological polar surface area (TPSA) is 58.6 Å². The van der Waals surface area contributed by atoms with E-state index in [0.717, 1.165) is 41.9 Å². The van der Waals surface area contributed by atoms with Crippen LogP contribution in [0.25, 0.3) is 11.4 Å². The highest BCUT2D eigenvalue weighted by molar-refractivity contribution is 5.78. The highest BCUT2D eigenvalue weighted by atomic mass is 16.5. The first-order chi connectivity index (χ1) is 13.1. The molecule has 0 N–H and O–H groups in total. The molecule has 3 rings (SSSR count). The maximum atomic E-state index is 12.5. The van der Waals surface area contributed by atoms with Crippen molar-refractivity contribution in [2.75, 3.05) is 38.8 Å². The summed E-state index contributed by atoms with van der Waals surface area (Å²) < 4.78 is 5.50. The molecule has 1 amide bonds. The fourth-order valence-corrected chi connectivity index (χ4v) is 3.21. The van der Waals surface area contributed by atoms with E-state index in [-0.39, 0.29) is 12.5 Å². The van der Waals surface area contributed by atoms with Gasteiger partial charge >= 0.3 is 0 Å². The van der Waals surface area contributed by atoms with Crippen LogP contribution in [0, 0.1) is 0 Å². The lowest BCUT2D eigenvalue weighted by Crippen LogP contribution is -2.39. The van der Waals surface area contributed by atoms with Crippen LogP contribution < -0.4 is 4.90 Å². The normalized spacial score (nSPS) is 13.4. The maximum absolute atomic E-state index is 12.5. The van der Waals surface area contributed by atoms with Crippen LogP contribution in [-0.4, -0.2) is 54.6 Å². The number of anilines is 1. The third-order valence-electron chi connectivity index (χ3n) is 4.72. The molecular formula is C21H28N4O2. The smallest absolute Gasteiger partial charge is 0.248 e. The van der Waals surface area contributed by atoms with Crippen molar-refractivity contribution in [3.8, 4) is 11.4 Å². The van der Waals surface area contributed by atoms with E-state index in [4.69, 9.17) is 14.7 Å². The van der Waals surface area contributed by atoms with Crippen LogP contribution in [0.15, 0.2) is 30.3 Å². The lowest BCUT2D eigenvalue weighted by molar-refractivity contribution is -0.137. The van der Waals surface area contributed by atoms with E-state index in [1.54, 1.807) is 0 Å². The molecule has 2 aromatic rings. The number of benzene rings is 1. The second kappa shape index (κ2) is 8.95.